The minimum Gasteiger partial charge on any atom is -0.384 e. The third kappa shape index (κ3) is 2.75. The molecule has 1 heterocycles. The highest BCUT2D eigenvalue weighted by molar-refractivity contribution is 6.34. The summed E-state index contributed by atoms with van der Waals surface area (Å²) in [4.78, 5) is 15.7. The molecule has 92 valence electrons. The van der Waals surface area contributed by atoms with Gasteiger partial charge < -0.3 is 11.1 Å². The van der Waals surface area contributed by atoms with Crippen molar-refractivity contribution in [3.05, 3.63) is 52.9 Å². The van der Waals surface area contributed by atoms with Crippen LogP contribution in [0, 0.1) is 5.82 Å². The van der Waals surface area contributed by atoms with Gasteiger partial charge in [-0.3, -0.25) is 4.79 Å². The third-order valence-electron chi connectivity index (χ3n) is 2.22. The molecule has 0 radical (unpaired) electrons. The first-order valence-corrected chi connectivity index (χ1v) is 5.42. The number of amides is 1. The molecule has 0 atom stereocenters. The van der Waals surface area contributed by atoms with Gasteiger partial charge in [0, 0.05) is 11.9 Å². The Morgan fingerprint density at radius 1 is 1.33 bits per heavy atom. The lowest BCUT2D eigenvalue weighted by molar-refractivity contribution is 0.102. The smallest absolute Gasteiger partial charge is 0.257 e. The van der Waals surface area contributed by atoms with Crippen molar-refractivity contribution in [1.82, 2.24) is 4.98 Å². The molecule has 0 aliphatic heterocycles. The highest BCUT2D eigenvalue weighted by Crippen LogP contribution is 2.18. The van der Waals surface area contributed by atoms with Crippen molar-refractivity contribution >= 4 is 29.0 Å². The Balaban J connectivity index is 2.21. The van der Waals surface area contributed by atoms with Crippen molar-refractivity contribution in [2.24, 2.45) is 0 Å². The maximum absolute atomic E-state index is 12.7. The summed E-state index contributed by atoms with van der Waals surface area (Å²) >= 11 is 5.84. The molecule has 0 fully saturated rings. The Labute approximate surface area is 108 Å². The van der Waals surface area contributed by atoms with E-state index in [1.165, 1.54) is 36.5 Å². The summed E-state index contributed by atoms with van der Waals surface area (Å²) < 4.78 is 12.7. The van der Waals surface area contributed by atoms with Crippen LogP contribution in [0.15, 0.2) is 36.5 Å². The maximum Gasteiger partial charge on any atom is 0.257 e. The minimum absolute atomic E-state index is 0.198. The highest BCUT2D eigenvalue weighted by atomic mass is 35.5. The third-order valence-corrected chi connectivity index (χ3v) is 2.52. The number of carbonyl (C=O) groups excluding carboxylic acids is 1. The maximum atomic E-state index is 12.7. The number of nitrogens with zero attached hydrogens (tertiary/aromatic N) is 1. The molecule has 4 nitrogen and oxygen atoms in total. The number of carbonyl (C=O) groups is 1. The molecule has 18 heavy (non-hydrogen) atoms. The number of pyridine rings is 1. The number of nitrogens with one attached hydrogen (secondary N) is 1. The Bertz CT molecular complexity index is 586. The number of hydrogen-bond donors (Lipinski definition) is 2. The number of nitrogens with two attached hydrogens (primary N) is 1. The van der Waals surface area contributed by atoms with Gasteiger partial charge in [-0.15, -0.1) is 0 Å². The Hall–Kier alpha value is -2.14. The van der Waals surface area contributed by atoms with Crippen LogP contribution in [0.1, 0.15) is 10.4 Å². The summed E-state index contributed by atoms with van der Waals surface area (Å²) in [7, 11) is 0. The first-order chi connectivity index (χ1) is 8.56. The molecule has 1 amide bonds. The monoisotopic (exact) mass is 265 g/mol. The fraction of sp³-hybridized carbons (Fsp3) is 0. The van der Waals surface area contributed by atoms with Crippen molar-refractivity contribution in [2.45, 2.75) is 0 Å². The van der Waals surface area contributed by atoms with Gasteiger partial charge >= 0.3 is 0 Å². The molecule has 0 unspecified atom stereocenters. The van der Waals surface area contributed by atoms with Gasteiger partial charge in [-0.2, -0.15) is 0 Å². The van der Waals surface area contributed by atoms with Crippen LogP contribution >= 0.6 is 11.6 Å². The quantitative estimate of drug-likeness (QED) is 0.877. The van der Waals surface area contributed by atoms with Crippen LogP contribution < -0.4 is 11.1 Å². The van der Waals surface area contributed by atoms with Crippen LogP contribution in [0.4, 0.5) is 15.9 Å². The van der Waals surface area contributed by atoms with Crippen LogP contribution in [0.5, 0.6) is 0 Å². The Morgan fingerprint density at radius 3 is 2.67 bits per heavy atom. The SMILES string of the molecule is Nc1cc(C(=O)Nc2ccc(F)cc2)c(Cl)cn1. The highest BCUT2D eigenvalue weighted by Gasteiger charge is 2.11. The van der Waals surface area contributed by atoms with E-state index in [-0.39, 0.29) is 22.2 Å². The van der Waals surface area contributed by atoms with E-state index in [1.54, 1.807) is 0 Å². The van der Waals surface area contributed by atoms with Crippen molar-refractivity contribution in [3.63, 3.8) is 0 Å². The molecule has 0 aliphatic carbocycles. The average Bonchev–Trinajstić information content (AvgIpc) is 2.35. The predicted octanol–water partition coefficient (Wildman–Crippen LogP) is 2.71. The summed E-state index contributed by atoms with van der Waals surface area (Å²) in [6.07, 6.45) is 1.30. The van der Waals surface area contributed by atoms with Crippen LogP contribution in [0.2, 0.25) is 5.02 Å². The zero-order chi connectivity index (χ0) is 13.1. The lowest BCUT2D eigenvalue weighted by Crippen LogP contribution is -2.13. The summed E-state index contributed by atoms with van der Waals surface area (Å²) in [5.41, 5.74) is 6.16. The van der Waals surface area contributed by atoms with E-state index in [0.717, 1.165) is 0 Å². The number of hydrogen-bond acceptors (Lipinski definition) is 3. The van der Waals surface area contributed by atoms with Crippen molar-refractivity contribution in [3.8, 4) is 0 Å². The van der Waals surface area contributed by atoms with Gasteiger partial charge in [0.15, 0.2) is 0 Å². The van der Waals surface area contributed by atoms with Crippen LogP contribution in [-0.4, -0.2) is 10.9 Å². The summed E-state index contributed by atoms with van der Waals surface area (Å²) in [6, 6.07) is 6.77. The Kier molecular flexibility index (Phi) is 3.43. The van der Waals surface area contributed by atoms with Crippen LogP contribution in [0.3, 0.4) is 0 Å². The molecule has 0 aliphatic rings. The number of anilines is 2. The van der Waals surface area contributed by atoms with E-state index in [9.17, 15) is 9.18 Å². The topological polar surface area (TPSA) is 68.0 Å². The standard InChI is InChI=1S/C12H9ClFN3O/c13-10-6-16-11(15)5-9(10)12(18)17-8-3-1-7(14)2-4-8/h1-6H,(H2,15,16)(H,17,18). The van der Waals surface area contributed by atoms with E-state index in [0.29, 0.717) is 5.69 Å². The number of nitrogen functional groups attached to an aromatic ring is 1. The molecule has 6 heteroatoms. The molecule has 3 N–H and O–H groups in total. The van der Waals surface area contributed by atoms with Gasteiger partial charge in [0.25, 0.3) is 5.91 Å². The molecule has 1 aromatic carbocycles. The molecule has 0 saturated carbocycles. The second-order valence-corrected chi connectivity index (χ2v) is 3.96. The lowest BCUT2D eigenvalue weighted by atomic mass is 10.2. The fourth-order valence-electron chi connectivity index (χ4n) is 1.36. The second-order valence-electron chi connectivity index (χ2n) is 3.55. The van der Waals surface area contributed by atoms with Gasteiger partial charge in [-0.25, -0.2) is 9.37 Å². The first kappa shape index (κ1) is 12.3. The van der Waals surface area contributed by atoms with Crippen LogP contribution in [-0.2, 0) is 0 Å². The van der Waals surface area contributed by atoms with Gasteiger partial charge in [0.05, 0.1) is 10.6 Å². The van der Waals surface area contributed by atoms with E-state index in [4.69, 9.17) is 17.3 Å². The van der Waals surface area contributed by atoms with Crippen molar-refractivity contribution in [2.75, 3.05) is 11.1 Å². The number of benzene rings is 1. The van der Waals surface area contributed by atoms with Gasteiger partial charge in [0.2, 0.25) is 0 Å². The summed E-state index contributed by atoms with van der Waals surface area (Å²) in [6.45, 7) is 0. The summed E-state index contributed by atoms with van der Waals surface area (Å²) in [5, 5.41) is 2.78. The molecular weight excluding hydrogens is 257 g/mol. The zero-order valence-corrected chi connectivity index (χ0v) is 9.91. The van der Waals surface area contributed by atoms with Crippen LogP contribution in [0.25, 0.3) is 0 Å². The molecule has 2 rings (SSSR count). The van der Waals surface area contributed by atoms with Crippen molar-refractivity contribution in [1.29, 1.82) is 0 Å². The van der Waals surface area contributed by atoms with Gasteiger partial charge in [0.1, 0.15) is 11.6 Å². The molecule has 0 bridgehead atoms. The molecule has 1 aromatic heterocycles. The molecular formula is C12H9ClFN3O. The lowest BCUT2D eigenvalue weighted by Gasteiger charge is -2.07. The number of rotatable bonds is 2. The predicted molar refractivity (Wildman–Crippen MR) is 68.0 cm³/mol. The van der Waals surface area contributed by atoms with E-state index in [1.807, 2.05) is 0 Å². The normalized spacial score (nSPS) is 10.1. The molecule has 0 saturated heterocycles. The largest absolute Gasteiger partial charge is 0.384 e. The van der Waals surface area contributed by atoms with E-state index in [2.05, 4.69) is 10.3 Å². The van der Waals surface area contributed by atoms with Gasteiger partial charge in [-0.05, 0) is 30.3 Å². The fourth-order valence-corrected chi connectivity index (χ4v) is 1.55. The molecule has 0 spiro atoms. The number of aromatic nitrogens is 1. The van der Waals surface area contributed by atoms with E-state index < -0.39 is 5.91 Å². The number of halogens is 2. The molecule has 2 aromatic rings. The summed E-state index contributed by atoms with van der Waals surface area (Å²) in [5.74, 6) is -0.608. The van der Waals surface area contributed by atoms with Crippen molar-refractivity contribution < 1.29 is 9.18 Å². The second kappa shape index (κ2) is 5.01. The van der Waals surface area contributed by atoms with Gasteiger partial charge in [-0.1, -0.05) is 11.6 Å². The average molecular weight is 266 g/mol. The van der Waals surface area contributed by atoms with E-state index >= 15 is 0 Å². The zero-order valence-electron chi connectivity index (χ0n) is 9.15. The first-order valence-electron chi connectivity index (χ1n) is 5.04. The minimum atomic E-state index is -0.430. The Morgan fingerprint density at radius 2 is 2.00 bits per heavy atom.